The Morgan fingerprint density at radius 3 is 2.67 bits per heavy atom. The Labute approximate surface area is 128 Å². The Balaban J connectivity index is 2.22. The van der Waals surface area contributed by atoms with E-state index in [9.17, 15) is 9.59 Å². The molecule has 1 fully saturated rings. The molecule has 0 bridgehead atoms. The molecular weight excluding hydrogens is 266 g/mol. The van der Waals surface area contributed by atoms with Crippen LogP contribution >= 0.6 is 0 Å². The first kappa shape index (κ1) is 18.0. The van der Waals surface area contributed by atoms with Crippen LogP contribution < -0.4 is 11.1 Å². The first-order valence-electron chi connectivity index (χ1n) is 8.14. The molecule has 1 saturated carbocycles. The van der Waals surface area contributed by atoms with Crippen LogP contribution in [0.1, 0.15) is 52.4 Å². The van der Waals surface area contributed by atoms with Crippen molar-refractivity contribution in [2.45, 2.75) is 58.4 Å². The molecule has 5 nitrogen and oxygen atoms in total. The van der Waals surface area contributed by atoms with Gasteiger partial charge in [-0.2, -0.15) is 0 Å². The van der Waals surface area contributed by atoms with Gasteiger partial charge in [-0.25, -0.2) is 0 Å². The van der Waals surface area contributed by atoms with Crippen LogP contribution in [0.15, 0.2) is 0 Å². The van der Waals surface area contributed by atoms with Gasteiger partial charge in [-0.05, 0) is 31.1 Å². The smallest absolute Gasteiger partial charge is 0.239 e. The standard InChI is InChI=1S/C16H31N3O2/c1-12(2)10-18-15(20)11-19(3)16(21)8-7-13-5-4-6-14(17)9-13/h12-14H,4-11,17H2,1-3H3,(H,18,20). The van der Waals surface area contributed by atoms with Crippen molar-refractivity contribution in [1.29, 1.82) is 0 Å². The fourth-order valence-electron chi connectivity index (χ4n) is 2.79. The molecule has 0 heterocycles. The quantitative estimate of drug-likeness (QED) is 0.748. The van der Waals surface area contributed by atoms with E-state index in [1.165, 1.54) is 17.7 Å². The highest BCUT2D eigenvalue weighted by Crippen LogP contribution is 2.26. The predicted octanol–water partition coefficient (Wildman–Crippen LogP) is 1.51. The largest absolute Gasteiger partial charge is 0.354 e. The van der Waals surface area contributed by atoms with Gasteiger partial charge in [0, 0.05) is 26.1 Å². The number of amides is 2. The molecule has 2 unspecified atom stereocenters. The number of rotatable bonds is 7. The molecule has 122 valence electrons. The van der Waals surface area contributed by atoms with Gasteiger partial charge in [-0.1, -0.05) is 26.7 Å². The van der Waals surface area contributed by atoms with Crippen LogP contribution in [-0.2, 0) is 9.59 Å². The second kappa shape index (κ2) is 9.03. The summed E-state index contributed by atoms with van der Waals surface area (Å²) in [6.45, 7) is 4.89. The maximum absolute atomic E-state index is 12.1. The van der Waals surface area contributed by atoms with E-state index in [1.54, 1.807) is 7.05 Å². The summed E-state index contributed by atoms with van der Waals surface area (Å²) in [7, 11) is 1.70. The van der Waals surface area contributed by atoms with Crippen molar-refractivity contribution in [2.75, 3.05) is 20.1 Å². The van der Waals surface area contributed by atoms with Crippen LogP contribution in [0.4, 0.5) is 0 Å². The van der Waals surface area contributed by atoms with Gasteiger partial charge in [0.15, 0.2) is 0 Å². The highest BCUT2D eigenvalue weighted by molar-refractivity contribution is 5.84. The van der Waals surface area contributed by atoms with Gasteiger partial charge < -0.3 is 16.0 Å². The summed E-state index contributed by atoms with van der Waals surface area (Å²) >= 11 is 0. The molecule has 1 rings (SSSR count). The number of likely N-dealkylation sites (N-methyl/N-ethyl adjacent to an activating group) is 1. The van der Waals surface area contributed by atoms with E-state index < -0.39 is 0 Å². The minimum absolute atomic E-state index is 0.0499. The van der Waals surface area contributed by atoms with Crippen molar-refractivity contribution >= 4 is 11.8 Å². The Bertz CT molecular complexity index is 344. The lowest BCUT2D eigenvalue weighted by Crippen LogP contribution is -2.39. The Morgan fingerprint density at radius 2 is 2.05 bits per heavy atom. The molecule has 0 saturated heterocycles. The first-order chi connectivity index (χ1) is 9.88. The molecule has 1 aliphatic carbocycles. The van der Waals surface area contributed by atoms with Gasteiger partial charge in [-0.3, -0.25) is 9.59 Å². The molecule has 5 heteroatoms. The lowest BCUT2D eigenvalue weighted by Gasteiger charge is -2.27. The predicted molar refractivity (Wildman–Crippen MR) is 84.7 cm³/mol. The van der Waals surface area contributed by atoms with E-state index in [1.807, 2.05) is 13.8 Å². The number of hydrogen-bond acceptors (Lipinski definition) is 3. The third-order valence-electron chi connectivity index (χ3n) is 4.10. The summed E-state index contributed by atoms with van der Waals surface area (Å²) in [6.07, 6.45) is 5.91. The normalized spacial score (nSPS) is 22.1. The molecule has 1 aliphatic rings. The Kier molecular flexibility index (Phi) is 7.72. The van der Waals surface area contributed by atoms with Gasteiger partial charge in [0.2, 0.25) is 11.8 Å². The SMILES string of the molecule is CC(C)CNC(=O)CN(C)C(=O)CCC1CCCC(N)C1. The summed E-state index contributed by atoms with van der Waals surface area (Å²) < 4.78 is 0. The molecule has 3 N–H and O–H groups in total. The molecule has 0 spiro atoms. The third-order valence-corrected chi connectivity index (χ3v) is 4.10. The van der Waals surface area contributed by atoms with E-state index >= 15 is 0 Å². The molecule has 0 aromatic heterocycles. The molecule has 0 radical (unpaired) electrons. The van der Waals surface area contributed by atoms with Crippen LogP contribution in [0.2, 0.25) is 0 Å². The van der Waals surface area contributed by atoms with Crippen LogP contribution in [0.3, 0.4) is 0 Å². The molecule has 2 amide bonds. The number of nitrogens with zero attached hydrogens (tertiary/aromatic N) is 1. The van der Waals surface area contributed by atoms with Crippen molar-refractivity contribution in [3.8, 4) is 0 Å². The average Bonchev–Trinajstić information content (AvgIpc) is 2.42. The maximum atomic E-state index is 12.1. The van der Waals surface area contributed by atoms with E-state index in [-0.39, 0.29) is 18.4 Å². The van der Waals surface area contributed by atoms with Crippen LogP contribution in [0, 0.1) is 11.8 Å². The number of hydrogen-bond donors (Lipinski definition) is 2. The van der Waals surface area contributed by atoms with Gasteiger partial charge in [0.25, 0.3) is 0 Å². The van der Waals surface area contributed by atoms with Crippen LogP contribution in [-0.4, -0.2) is 42.9 Å². The van der Waals surface area contributed by atoms with Crippen molar-refractivity contribution in [3.63, 3.8) is 0 Å². The highest BCUT2D eigenvalue weighted by atomic mass is 16.2. The van der Waals surface area contributed by atoms with E-state index in [4.69, 9.17) is 5.73 Å². The van der Waals surface area contributed by atoms with Crippen molar-refractivity contribution in [3.05, 3.63) is 0 Å². The summed E-state index contributed by atoms with van der Waals surface area (Å²) in [5, 5.41) is 2.83. The third kappa shape index (κ3) is 7.46. The monoisotopic (exact) mass is 297 g/mol. The Hall–Kier alpha value is -1.10. The molecule has 0 aromatic carbocycles. The van der Waals surface area contributed by atoms with Crippen molar-refractivity contribution in [2.24, 2.45) is 17.6 Å². The summed E-state index contributed by atoms with van der Waals surface area (Å²) in [5.74, 6) is 0.958. The van der Waals surface area contributed by atoms with Crippen LogP contribution in [0.25, 0.3) is 0 Å². The first-order valence-corrected chi connectivity index (χ1v) is 8.14. The lowest BCUT2D eigenvalue weighted by atomic mass is 9.83. The van der Waals surface area contributed by atoms with Crippen molar-refractivity contribution in [1.82, 2.24) is 10.2 Å². The number of nitrogens with two attached hydrogens (primary N) is 1. The van der Waals surface area contributed by atoms with Crippen molar-refractivity contribution < 1.29 is 9.59 Å². The minimum atomic E-state index is -0.0840. The number of nitrogens with one attached hydrogen (secondary N) is 1. The van der Waals surface area contributed by atoms with E-state index in [2.05, 4.69) is 5.32 Å². The molecule has 2 atom stereocenters. The highest BCUT2D eigenvalue weighted by Gasteiger charge is 2.21. The zero-order chi connectivity index (χ0) is 15.8. The molecule has 21 heavy (non-hydrogen) atoms. The van der Waals surface area contributed by atoms with E-state index in [0.29, 0.717) is 30.8 Å². The number of carbonyl (C=O) groups is 2. The maximum Gasteiger partial charge on any atom is 0.239 e. The fraction of sp³-hybridized carbons (Fsp3) is 0.875. The van der Waals surface area contributed by atoms with Gasteiger partial charge in [-0.15, -0.1) is 0 Å². The summed E-state index contributed by atoms with van der Waals surface area (Å²) in [5.41, 5.74) is 5.97. The minimum Gasteiger partial charge on any atom is -0.354 e. The number of carbonyl (C=O) groups excluding carboxylic acids is 2. The zero-order valence-corrected chi connectivity index (χ0v) is 13.7. The van der Waals surface area contributed by atoms with Gasteiger partial charge >= 0.3 is 0 Å². The summed E-state index contributed by atoms with van der Waals surface area (Å²) in [6, 6.07) is 0.304. The zero-order valence-electron chi connectivity index (χ0n) is 13.7. The lowest BCUT2D eigenvalue weighted by molar-refractivity contribution is -0.135. The fourth-order valence-corrected chi connectivity index (χ4v) is 2.79. The molecule has 0 aromatic rings. The van der Waals surface area contributed by atoms with Crippen LogP contribution in [0.5, 0.6) is 0 Å². The Morgan fingerprint density at radius 1 is 1.33 bits per heavy atom. The summed E-state index contributed by atoms with van der Waals surface area (Å²) in [4.78, 5) is 25.3. The average molecular weight is 297 g/mol. The van der Waals surface area contributed by atoms with E-state index in [0.717, 1.165) is 19.3 Å². The molecular formula is C16H31N3O2. The van der Waals surface area contributed by atoms with Gasteiger partial charge in [0.1, 0.15) is 0 Å². The second-order valence-corrected chi connectivity index (χ2v) is 6.78. The topological polar surface area (TPSA) is 75.4 Å². The van der Waals surface area contributed by atoms with Gasteiger partial charge in [0.05, 0.1) is 6.54 Å². The second-order valence-electron chi connectivity index (χ2n) is 6.78. The molecule has 0 aliphatic heterocycles.